The van der Waals surface area contributed by atoms with Crippen LogP contribution in [-0.4, -0.2) is 46.2 Å². The Kier molecular flexibility index (Phi) is 4.89. The molecule has 7 heteroatoms. The van der Waals surface area contributed by atoms with Crippen LogP contribution in [0.25, 0.3) is 21.5 Å². The number of rotatable bonds is 5. The van der Waals surface area contributed by atoms with E-state index < -0.39 is 0 Å². The summed E-state index contributed by atoms with van der Waals surface area (Å²) in [6.45, 7) is 5.91. The Bertz CT molecular complexity index is 1440. The van der Waals surface area contributed by atoms with Gasteiger partial charge >= 0.3 is 0 Å². The number of thiophene rings is 1. The van der Waals surface area contributed by atoms with Crippen LogP contribution in [0.2, 0.25) is 0 Å². The lowest BCUT2D eigenvalue weighted by atomic mass is 9.72. The number of aliphatic imine (C=N–C) groups is 2. The number of nitrogens with two attached hydrogens (primary N) is 1. The lowest BCUT2D eigenvalue weighted by Crippen LogP contribution is -2.53. The molecule has 0 amide bonds. The first-order chi connectivity index (χ1) is 17.1. The Morgan fingerprint density at radius 2 is 2.06 bits per heavy atom. The van der Waals surface area contributed by atoms with E-state index in [2.05, 4.69) is 58.6 Å². The van der Waals surface area contributed by atoms with Crippen LogP contribution in [0.4, 0.5) is 0 Å². The molecule has 1 saturated carbocycles. The number of quaternary nitrogens is 1. The molecule has 7 rings (SSSR count). The lowest BCUT2D eigenvalue weighted by molar-refractivity contribution is -0.750. The predicted octanol–water partition coefficient (Wildman–Crippen LogP) is 5.22. The zero-order valence-electron chi connectivity index (χ0n) is 19.9. The van der Waals surface area contributed by atoms with E-state index in [0.717, 1.165) is 45.3 Å². The number of hydrogen-bond donors (Lipinski definition) is 1. The highest BCUT2D eigenvalue weighted by atomic mass is 32.1. The molecule has 2 aromatic heterocycles. The van der Waals surface area contributed by atoms with Crippen LogP contribution in [0.15, 0.2) is 75.6 Å². The first-order valence-electron chi connectivity index (χ1n) is 12.5. The average Bonchev–Trinajstić information content (AvgIpc) is 3.43. The van der Waals surface area contributed by atoms with Gasteiger partial charge in [-0.1, -0.05) is 12.1 Å². The van der Waals surface area contributed by atoms with Gasteiger partial charge in [0.2, 0.25) is 5.70 Å². The fourth-order valence-electron chi connectivity index (χ4n) is 5.84. The number of nitrogens with zero attached hydrogens (tertiary/aromatic N) is 5. The van der Waals surface area contributed by atoms with Crippen LogP contribution >= 0.6 is 11.3 Å². The number of aromatic nitrogens is 1. The summed E-state index contributed by atoms with van der Waals surface area (Å²) < 4.78 is 0.0846. The topological polar surface area (TPSA) is 66.9 Å². The molecule has 0 radical (unpaired) electrons. The maximum Gasteiger partial charge on any atom is 0.264 e. The van der Waals surface area contributed by atoms with Crippen molar-refractivity contribution >= 4 is 34.3 Å². The number of allylic oxidation sites excluding steroid dienone is 2. The van der Waals surface area contributed by atoms with Gasteiger partial charge in [-0.3, -0.25) is 4.99 Å². The summed E-state index contributed by atoms with van der Waals surface area (Å²) in [5.41, 5.74) is 6.35. The van der Waals surface area contributed by atoms with Crippen molar-refractivity contribution in [2.75, 3.05) is 19.6 Å². The molecule has 4 aliphatic rings. The highest BCUT2D eigenvalue weighted by molar-refractivity contribution is 7.13. The number of hydrogen-bond acceptors (Lipinski definition) is 6. The number of amidine groups is 1. The van der Waals surface area contributed by atoms with E-state index in [1.807, 2.05) is 12.4 Å². The summed E-state index contributed by atoms with van der Waals surface area (Å²) in [7, 11) is 0. The summed E-state index contributed by atoms with van der Waals surface area (Å²) in [6.07, 6.45) is 9.37. The zero-order chi connectivity index (χ0) is 23.6. The molecule has 0 bridgehead atoms. The SMILES string of the molecule is Cc1cc(-c2cccs2)nc2cc(C3=NC(C4CC(CN5CCC5)C4)=C4C=NC=C[N+]34N)ccc12. The maximum absolute atomic E-state index is 7.02. The van der Waals surface area contributed by atoms with Crippen LogP contribution in [0.1, 0.15) is 30.4 Å². The van der Waals surface area contributed by atoms with Crippen molar-refractivity contribution in [2.45, 2.75) is 26.2 Å². The molecule has 3 aromatic rings. The van der Waals surface area contributed by atoms with E-state index in [1.165, 1.54) is 49.3 Å². The molecule has 1 aromatic carbocycles. The van der Waals surface area contributed by atoms with Gasteiger partial charge in [0.05, 0.1) is 34.1 Å². The quantitative estimate of drug-likeness (QED) is 0.401. The third kappa shape index (κ3) is 3.45. The molecule has 35 heavy (non-hydrogen) atoms. The molecule has 3 aliphatic heterocycles. The molecule has 6 nitrogen and oxygen atoms in total. The lowest BCUT2D eigenvalue weighted by Gasteiger charge is -2.41. The van der Waals surface area contributed by atoms with E-state index in [-0.39, 0.29) is 4.59 Å². The second-order valence-corrected chi connectivity index (χ2v) is 11.2. The van der Waals surface area contributed by atoms with Gasteiger partial charge in [0.25, 0.3) is 5.84 Å². The van der Waals surface area contributed by atoms with E-state index in [1.54, 1.807) is 17.5 Å². The normalized spacial score (nSPS) is 27.7. The molecule has 176 valence electrons. The molecule has 2 fully saturated rings. The molecule has 0 spiro atoms. The second kappa shape index (κ2) is 8.03. The minimum absolute atomic E-state index is 0.0846. The van der Waals surface area contributed by atoms with Gasteiger partial charge in [-0.25, -0.2) is 4.98 Å². The number of pyridine rings is 1. The Morgan fingerprint density at radius 3 is 2.83 bits per heavy atom. The summed E-state index contributed by atoms with van der Waals surface area (Å²) in [5, 5.41) is 3.25. The fourth-order valence-corrected chi connectivity index (χ4v) is 6.52. The minimum atomic E-state index is 0.0846. The Labute approximate surface area is 209 Å². The minimum Gasteiger partial charge on any atom is -0.303 e. The van der Waals surface area contributed by atoms with Gasteiger partial charge in [-0.05, 0) is 80.4 Å². The molecule has 1 unspecified atom stereocenters. The van der Waals surface area contributed by atoms with Crippen molar-refractivity contribution in [1.82, 2.24) is 9.88 Å². The van der Waals surface area contributed by atoms with Crippen molar-refractivity contribution < 1.29 is 4.59 Å². The first kappa shape index (κ1) is 21.3. The third-order valence-electron chi connectivity index (χ3n) is 7.96. The van der Waals surface area contributed by atoms with E-state index >= 15 is 0 Å². The summed E-state index contributed by atoms with van der Waals surface area (Å²) >= 11 is 1.72. The monoisotopic (exact) mass is 481 g/mol. The zero-order valence-corrected chi connectivity index (χ0v) is 20.7. The van der Waals surface area contributed by atoms with Crippen LogP contribution in [-0.2, 0) is 0 Å². The van der Waals surface area contributed by atoms with Gasteiger partial charge in [-0.2, -0.15) is 10.8 Å². The van der Waals surface area contributed by atoms with Crippen molar-refractivity contribution in [3.63, 3.8) is 0 Å². The molecule has 1 atom stereocenters. The third-order valence-corrected chi connectivity index (χ3v) is 8.85. The first-order valence-corrected chi connectivity index (χ1v) is 13.4. The Morgan fingerprint density at radius 1 is 1.17 bits per heavy atom. The van der Waals surface area contributed by atoms with E-state index in [0.29, 0.717) is 5.92 Å². The molecule has 1 saturated heterocycles. The van der Waals surface area contributed by atoms with E-state index in [9.17, 15) is 0 Å². The van der Waals surface area contributed by atoms with Gasteiger partial charge in [-0.15, -0.1) is 15.9 Å². The van der Waals surface area contributed by atoms with Crippen LogP contribution < -0.4 is 5.84 Å². The maximum atomic E-state index is 7.02. The van der Waals surface area contributed by atoms with Crippen LogP contribution in [0.3, 0.4) is 0 Å². The Hall–Kier alpha value is -2.97. The van der Waals surface area contributed by atoms with Crippen LogP contribution in [0, 0.1) is 18.8 Å². The summed E-state index contributed by atoms with van der Waals surface area (Å²) in [5.74, 6) is 9.10. The summed E-state index contributed by atoms with van der Waals surface area (Å²) in [4.78, 5) is 18.4. The number of likely N-dealkylation sites (tertiary alicyclic amines) is 1. The molecule has 1 aliphatic carbocycles. The average molecular weight is 482 g/mol. The van der Waals surface area contributed by atoms with E-state index in [4.69, 9.17) is 15.8 Å². The van der Waals surface area contributed by atoms with Crippen molar-refractivity contribution in [2.24, 2.45) is 27.7 Å². The fraction of sp³-hybridized carbons (Fsp3) is 0.321. The summed E-state index contributed by atoms with van der Waals surface area (Å²) in [6, 6.07) is 12.8. The van der Waals surface area contributed by atoms with Crippen molar-refractivity contribution in [3.05, 3.63) is 76.7 Å². The number of benzene rings is 1. The molecule has 5 heterocycles. The smallest absolute Gasteiger partial charge is 0.264 e. The molecular formula is C28H29N6S+. The standard InChI is InChI=1S/C28H29N6S/c1-18-12-24(26-4-2-11-35-26)31-23-15-20(5-6-22(18)23)28-32-27(25-16-30-7-10-34(25,28)29)21-13-19(14-21)17-33-8-3-9-33/h2,4-7,10-12,15-16,19,21H,3,8-9,13-14,17,29H2,1H3/q+1. The second-order valence-electron chi connectivity index (χ2n) is 10.3. The number of fused-ring (bicyclic) bond motifs is 2. The highest BCUT2D eigenvalue weighted by Crippen LogP contribution is 2.45. The molecular weight excluding hydrogens is 452 g/mol. The van der Waals surface area contributed by atoms with Gasteiger partial charge in [0.1, 0.15) is 11.9 Å². The predicted molar refractivity (Wildman–Crippen MR) is 143 cm³/mol. The molecule has 2 N–H and O–H groups in total. The van der Waals surface area contributed by atoms with Gasteiger partial charge in [0, 0.05) is 17.8 Å². The highest BCUT2D eigenvalue weighted by Gasteiger charge is 2.48. The largest absolute Gasteiger partial charge is 0.303 e. The van der Waals surface area contributed by atoms with Crippen molar-refractivity contribution in [3.8, 4) is 10.6 Å². The van der Waals surface area contributed by atoms with Gasteiger partial charge < -0.3 is 4.90 Å². The Balaban J connectivity index is 1.24. The van der Waals surface area contributed by atoms with Crippen LogP contribution in [0.5, 0.6) is 0 Å². The number of aryl methyl sites for hydroxylation is 1. The van der Waals surface area contributed by atoms with Gasteiger partial charge in [0.15, 0.2) is 0 Å². The van der Waals surface area contributed by atoms with Crippen molar-refractivity contribution in [1.29, 1.82) is 0 Å².